The van der Waals surface area contributed by atoms with Crippen LogP contribution in [0.4, 0.5) is 14.5 Å². The molecule has 0 saturated carbocycles. The van der Waals surface area contributed by atoms with Gasteiger partial charge in [0.25, 0.3) is 5.91 Å². The van der Waals surface area contributed by atoms with Gasteiger partial charge in [-0.1, -0.05) is 6.07 Å². The fourth-order valence-electron chi connectivity index (χ4n) is 1.68. The van der Waals surface area contributed by atoms with Crippen LogP contribution in [0.15, 0.2) is 42.5 Å². The van der Waals surface area contributed by atoms with E-state index < -0.39 is 17.5 Å². The average Bonchev–Trinajstić information content (AvgIpc) is 2.46. The number of hydrogen-bond acceptors (Lipinski definition) is 3. The quantitative estimate of drug-likeness (QED) is 0.657. The number of carbonyl (C=O) groups is 1. The van der Waals surface area contributed by atoms with Gasteiger partial charge in [-0.15, -0.1) is 0 Å². The number of carbonyl (C=O) groups excluding carboxylic acids is 1. The number of nitrogens with one attached hydrogen (secondary N) is 1. The van der Waals surface area contributed by atoms with Crippen molar-refractivity contribution >= 4 is 11.6 Å². The van der Waals surface area contributed by atoms with E-state index in [2.05, 4.69) is 5.32 Å². The predicted molar refractivity (Wildman–Crippen MR) is 75.0 cm³/mol. The molecule has 0 saturated heterocycles. The van der Waals surface area contributed by atoms with Crippen molar-refractivity contribution in [3.8, 4) is 5.75 Å². The normalized spacial score (nSPS) is 10.2. The molecule has 21 heavy (non-hydrogen) atoms. The molecular weight excluding hydrogens is 278 g/mol. The monoisotopic (exact) mass is 292 g/mol. The van der Waals surface area contributed by atoms with E-state index in [0.717, 1.165) is 12.1 Å². The highest BCUT2D eigenvalue weighted by Crippen LogP contribution is 2.14. The summed E-state index contributed by atoms with van der Waals surface area (Å²) in [4.78, 5) is 11.7. The summed E-state index contributed by atoms with van der Waals surface area (Å²) in [5.74, 6) is -1.95. The van der Waals surface area contributed by atoms with Crippen LogP contribution in [0, 0.1) is 11.6 Å². The molecule has 110 valence electrons. The van der Waals surface area contributed by atoms with Crippen molar-refractivity contribution in [3.63, 3.8) is 0 Å². The highest BCUT2D eigenvalue weighted by atomic mass is 19.2. The number of rotatable bonds is 5. The smallest absolute Gasteiger partial charge is 0.251 e. The molecule has 0 unspecified atom stereocenters. The van der Waals surface area contributed by atoms with Crippen molar-refractivity contribution in [2.45, 2.75) is 0 Å². The van der Waals surface area contributed by atoms with Gasteiger partial charge in [0.1, 0.15) is 12.4 Å². The molecular formula is C15H14F2N2O2. The summed E-state index contributed by atoms with van der Waals surface area (Å²) < 4.78 is 31.1. The molecule has 0 fully saturated rings. The van der Waals surface area contributed by atoms with Crippen LogP contribution in [0.2, 0.25) is 0 Å². The van der Waals surface area contributed by atoms with Crippen LogP contribution in [-0.2, 0) is 0 Å². The molecule has 0 aliphatic rings. The first-order chi connectivity index (χ1) is 10.1. The van der Waals surface area contributed by atoms with Crippen LogP contribution in [0.1, 0.15) is 10.4 Å². The molecule has 0 aliphatic heterocycles. The highest BCUT2D eigenvalue weighted by Gasteiger charge is 2.09. The van der Waals surface area contributed by atoms with Crippen LogP contribution in [0.3, 0.4) is 0 Å². The molecule has 1 amide bonds. The van der Waals surface area contributed by atoms with Gasteiger partial charge in [-0.3, -0.25) is 4.79 Å². The van der Waals surface area contributed by atoms with Gasteiger partial charge >= 0.3 is 0 Å². The molecule has 0 aromatic heterocycles. The molecule has 2 aromatic rings. The summed E-state index contributed by atoms with van der Waals surface area (Å²) in [5.41, 5.74) is 6.23. The average molecular weight is 292 g/mol. The molecule has 3 N–H and O–H groups in total. The largest absolute Gasteiger partial charge is 0.492 e. The number of ether oxygens (including phenoxy) is 1. The number of halogens is 2. The van der Waals surface area contributed by atoms with E-state index in [0.29, 0.717) is 11.4 Å². The highest BCUT2D eigenvalue weighted by molar-refractivity contribution is 5.94. The van der Waals surface area contributed by atoms with E-state index in [9.17, 15) is 13.6 Å². The Morgan fingerprint density at radius 2 is 1.95 bits per heavy atom. The van der Waals surface area contributed by atoms with Gasteiger partial charge in [0.2, 0.25) is 0 Å². The lowest BCUT2D eigenvalue weighted by molar-refractivity contribution is 0.0946. The van der Waals surface area contributed by atoms with E-state index >= 15 is 0 Å². The predicted octanol–water partition coefficient (Wildman–Crippen LogP) is 2.36. The van der Waals surface area contributed by atoms with Crippen molar-refractivity contribution in [2.75, 3.05) is 18.9 Å². The zero-order valence-corrected chi connectivity index (χ0v) is 11.1. The fourth-order valence-corrected chi connectivity index (χ4v) is 1.68. The van der Waals surface area contributed by atoms with Gasteiger partial charge in [-0.25, -0.2) is 8.78 Å². The molecule has 2 aromatic carbocycles. The van der Waals surface area contributed by atoms with E-state index in [4.69, 9.17) is 10.5 Å². The first-order valence-electron chi connectivity index (χ1n) is 6.28. The lowest BCUT2D eigenvalue weighted by Crippen LogP contribution is -2.28. The third-order valence-corrected chi connectivity index (χ3v) is 2.70. The van der Waals surface area contributed by atoms with Crippen LogP contribution in [0.25, 0.3) is 0 Å². The number of anilines is 1. The minimum absolute atomic E-state index is 0.0536. The van der Waals surface area contributed by atoms with Gasteiger partial charge in [-0.2, -0.15) is 0 Å². The van der Waals surface area contributed by atoms with Gasteiger partial charge in [-0.05, 0) is 30.3 Å². The first-order valence-corrected chi connectivity index (χ1v) is 6.28. The van der Waals surface area contributed by atoms with Gasteiger partial charge in [0, 0.05) is 17.3 Å². The summed E-state index contributed by atoms with van der Waals surface area (Å²) in [5, 5.41) is 2.55. The molecule has 4 nitrogen and oxygen atoms in total. The second kappa shape index (κ2) is 6.69. The molecule has 0 aliphatic carbocycles. The van der Waals surface area contributed by atoms with Crippen LogP contribution < -0.4 is 15.8 Å². The molecule has 0 heterocycles. The molecule has 0 radical (unpaired) electrons. The summed E-state index contributed by atoms with van der Waals surface area (Å²) >= 11 is 0. The SMILES string of the molecule is Nc1cccc(OCCNC(=O)c2ccc(F)c(F)c2)c1. The van der Waals surface area contributed by atoms with Gasteiger partial charge in [0.05, 0.1) is 6.54 Å². The Morgan fingerprint density at radius 3 is 2.67 bits per heavy atom. The van der Waals surface area contributed by atoms with Gasteiger partial charge < -0.3 is 15.8 Å². The topological polar surface area (TPSA) is 64.3 Å². The Morgan fingerprint density at radius 1 is 1.14 bits per heavy atom. The first kappa shape index (κ1) is 14.8. The second-order valence-corrected chi connectivity index (χ2v) is 4.31. The number of nitrogen functional groups attached to an aromatic ring is 1. The Labute approximate surface area is 120 Å². The van der Waals surface area contributed by atoms with Crippen LogP contribution in [0.5, 0.6) is 5.75 Å². The Kier molecular flexibility index (Phi) is 4.71. The number of benzene rings is 2. The summed E-state index contributed by atoms with van der Waals surface area (Å²) in [7, 11) is 0. The minimum Gasteiger partial charge on any atom is -0.492 e. The number of hydrogen-bond donors (Lipinski definition) is 2. The summed E-state index contributed by atoms with van der Waals surface area (Å²) in [6.07, 6.45) is 0. The molecule has 6 heteroatoms. The van der Waals surface area contributed by atoms with E-state index in [1.165, 1.54) is 6.07 Å². The summed E-state index contributed by atoms with van der Waals surface area (Å²) in [6, 6.07) is 9.87. The second-order valence-electron chi connectivity index (χ2n) is 4.31. The Hall–Kier alpha value is -2.63. The Balaban J connectivity index is 1.80. The standard InChI is InChI=1S/C15H14F2N2O2/c16-13-5-4-10(8-14(13)17)15(20)19-6-7-21-12-3-1-2-11(18)9-12/h1-5,8-9H,6-7,18H2,(H,19,20). The van der Waals surface area contributed by atoms with Crippen molar-refractivity contribution in [1.29, 1.82) is 0 Å². The zero-order valence-electron chi connectivity index (χ0n) is 11.1. The molecule has 0 atom stereocenters. The number of nitrogens with two attached hydrogens (primary N) is 1. The third kappa shape index (κ3) is 4.17. The molecule has 2 rings (SSSR count). The van der Waals surface area contributed by atoms with Crippen LogP contribution in [-0.4, -0.2) is 19.1 Å². The maximum Gasteiger partial charge on any atom is 0.251 e. The molecule has 0 bridgehead atoms. The van der Waals surface area contributed by atoms with Crippen LogP contribution >= 0.6 is 0 Å². The fraction of sp³-hybridized carbons (Fsp3) is 0.133. The van der Waals surface area contributed by atoms with Crippen molar-refractivity contribution in [2.24, 2.45) is 0 Å². The number of amides is 1. The van der Waals surface area contributed by atoms with Crippen molar-refractivity contribution < 1.29 is 18.3 Å². The van der Waals surface area contributed by atoms with Crippen molar-refractivity contribution in [1.82, 2.24) is 5.32 Å². The van der Waals surface area contributed by atoms with Crippen molar-refractivity contribution in [3.05, 3.63) is 59.7 Å². The lowest BCUT2D eigenvalue weighted by atomic mass is 10.2. The maximum absolute atomic E-state index is 13.0. The zero-order chi connectivity index (χ0) is 15.2. The van der Waals surface area contributed by atoms with E-state index in [1.54, 1.807) is 24.3 Å². The van der Waals surface area contributed by atoms with E-state index in [-0.39, 0.29) is 18.7 Å². The van der Waals surface area contributed by atoms with Gasteiger partial charge in [0.15, 0.2) is 11.6 Å². The minimum atomic E-state index is -1.06. The summed E-state index contributed by atoms with van der Waals surface area (Å²) in [6.45, 7) is 0.464. The Bertz CT molecular complexity index is 647. The lowest BCUT2D eigenvalue weighted by Gasteiger charge is -2.08. The third-order valence-electron chi connectivity index (χ3n) is 2.70. The molecule has 0 spiro atoms. The van der Waals surface area contributed by atoms with E-state index in [1.807, 2.05) is 0 Å². The maximum atomic E-state index is 13.0.